The molecule has 0 aliphatic heterocycles. The summed E-state index contributed by atoms with van der Waals surface area (Å²) in [6.07, 6.45) is 16.8. The van der Waals surface area contributed by atoms with Crippen LogP contribution in [0.4, 0.5) is 0 Å². The molecule has 0 radical (unpaired) electrons. The second-order valence-electron chi connectivity index (χ2n) is 7.64. The first-order valence-electron chi connectivity index (χ1n) is 10.1. The first kappa shape index (κ1) is 18.0. The summed E-state index contributed by atoms with van der Waals surface area (Å²) in [6.45, 7) is 2.29. The van der Waals surface area contributed by atoms with Crippen LogP contribution in [0, 0.1) is 5.92 Å². The number of aromatic nitrogens is 1. The van der Waals surface area contributed by atoms with Gasteiger partial charge in [-0.25, -0.2) is 0 Å². The summed E-state index contributed by atoms with van der Waals surface area (Å²) in [5, 5.41) is 1.45. The summed E-state index contributed by atoms with van der Waals surface area (Å²) < 4.78 is 1.17. The van der Waals surface area contributed by atoms with E-state index < -0.39 is 0 Å². The molecule has 0 saturated heterocycles. The third-order valence-corrected chi connectivity index (χ3v) is 6.21. The minimum absolute atomic E-state index is 0.903. The summed E-state index contributed by atoms with van der Waals surface area (Å²) in [5.74, 6) is 0.903. The Morgan fingerprint density at radius 3 is 2.58 bits per heavy atom. The molecule has 132 valence electrons. The highest BCUT2D eigenvalue weighted by molar-refractivity contribution is 9.10. The molecule has 1 aliphatic carbocycles. The molecule has 1 aliphatic rings. The second kappa shape index (κ2) is 9.08. The van der Waals surface area contributed by atoms with Gasteiger partial charge in [0.2, 0.25) is 0 Å². The van der Waals surface area contributed by atoms with Gasteiger partial charge >= 0.3 is 0 Å². The molecular formula is C22H32BrN. The van der Waals surface area contributed by atoms with Crippen molar-refractivity contribution in [3.05, 3.63) is 33.9 Å². The maximum Gasteiger partial charge on any atom is 0.0470 e. The Balaban J connectivity index is 1.43. The van der Waals surface area contributed by atoms with Crippen LogP contribution in [-0.2, 0) is 12.8 Å². The summed E-state index contributed by atoms with van der Waals surface area (Å²) in [4.78, 5) is 3.65. The van der Waals surface area contributed by atoms with Gasteiger partial charge in [0.15, 0.2) is 0 Å². The summed E-state index contributed by atoms with van der Waals surface area (Å²) in [5.41, 5.74) is 4.41. The predicted octanol–water partition coefficient (Wildman–Crippen LogP) is 7.57. The highest BCUT2D eigenvalue weighted by Gasteiger charge is 2.22. The number of halogens is 1. The molecule has 0 fully saturated rings. The summed E-state index contributed by atoms with van der Waals surface area (Å²) >= 11 is 3.59. The fourth-order valence-corrected chi connectivity index (χ4v) is 4.64. The maximum absolute atomic E-state index is 3.65. The molecule has 0 amide bonds. The number of rotatable bonds is 9. The molecule has 0 saturated carbocycles. The van der Waals surface area contributed by atoms with Crippen LogP contribution in [0.15, 0.2) is 22.7 Å². The van der Waals surface area contributed by atoms with Gasteiger partial charge in [-0.05, 0) is 42.9 Å². The first-order valence-corrected chi connectivity index (χ1v) is 10.9. The van der Waals surface area contributed by atoms with E-state index in [1.165, 1.54) is 98.1 Å². The van der Waals surface area contributed by atoms with Gasteiger partial charge in [0.25, 0.3) is 0 Å². The standard InChI is InChI=1S/C22H32BrN/c1-2-3-4-5-6-7-8-9-10-17-11-14-21-20(15-17)19-13-12-18(23)16-22(19)24-21/h12-13,16-17,24H,2-11,14-15H2,1H3. The van der Waals surface area contributed by atoms with E-state index in [0.29, 0.717) is 0 Å². The highest BCUT2D eigenvalue weighted by atomic mass is 79.9. The average molecular weight is 390 g/mol. The fraction of sp³-hybridized carbons (Fsp3) is 0.636. The van der Waals surface area contributed by atoms with Crippen molar-refractivity contribution in [3.63, 3.8) is 0 Å². The van der Waals surface area contributed by atoms with E-state index in [2.05, 4.69) is 46.0 Å². The predicted molar refractivity (Wildman–Crippen MR) is 109 cm³/mol. The molecule has 2 aromatic rings. The van der Waals surface area contributed by atoms with E-state index >= 15 is 0 Å². The minimum atomic E-state index is 0.903. The van der Waals surface area contributed by atoms with Crippen LogP contribution in [-0.4, -0.2) is 4.98 Å². The van der Waals surface area contributed by atoms with E-state index in [-0.39, 0.29) is 0 Å². The van der Waals surface area contributed by atoms with Gasteiger partial charge in [0, 0.05) is 21.1 Å². The highest BCUT2D eigenvalue weighted by Crippen LogP contribution is 2.34. The number of unbranched alkanes of at least 4 members (excludes halogenated alkanes) is 7. The van der Waals surface area contributed by atoms with Gasteiger partial charge in [-0.3, -0.25) is 0 Å². The van der Waals surface area contributed by atoms with Gasteiger partial charge < -0.3 is 4.98 Å². The zero-order valence-electron chi connectivity index (χ0n) is 15.2. The smallest absolute Gasteiger partial charge is 0.0470 e. The number of nitrogens with one attached hydrogen (secondary N) is 1. The molecule has 0 spiro atoms. The molecule has 1 N–H and O–H groups in total. The van der Waals surface area contributed by atoms with Crippen molar-refractivity contribution >= 4 is 26.8 Å². The molecule has 1 atom stereocenters. The Labute approximate surface area is 155 Å². The lowest BCUT2D eigenvalue weighted by atomic mass is 9.83. The number of hydrogen-bond donors (Lipinski definition) is 1. The van der Waals surface area contributed by atoms with Gasteiger partial charge in [-0.15, -0.1) is 0 Å². The van der Waals surface area contributed by atoms with E-state index in [1.54, 1.807) is 5.56 Å². The number of fused-ring (bicyclic) bond motifs is 3. The van der Waals surface area contributed by atoms with E-state index in [9.17, 15) is 0 Å². The largest absolute Gasteiger partial charge is 0.358 e. The molecule has 1 nitrogen and oxygen atoms in total. The van der Waals surface area contributed by atoms with Crippen molar-refractivity contribution in [3.8, 4) is 0 Å². The Hall–Kier alpha value is -0.760. The normalized spacial score (nSPS) is 17.3. The van der Waals surface area contributed by atoms with Crippen LogP contribution in [0.1, 0.15) is 82.4 Å². The maximum atomic E-state index is 3.65. The van der Waals surface area contributed by atoms with Gasteiger partial charge in [-0.2, -0.15) is 0 Å². The third kappa shape index (κ3) is 4.65. The number of H-pyrrole nitrogens is 1. The lowest BCUT2D eigenvalue weighted by molar-refractivity contribution is 0.403. The van der Waals surface area contributed by atoms with Gasteiger partial charge in [0.1, 0.15) is 0 Å². The van der Waals surface area contributed by atoms with Crippen LogP contribution in [0.2, 0.25) is 0 Å². The van der Waals surface area contributed by atoms with E-state index in [0.717, 1.165) is 5.92 Å². The Morgan fingerprint density at radius 2 is 1.79 bits per heavy atom. The van der Waals surface area contributed by atoms with Crippen LogP contribution in [0.25, 0.3) is 10.9 Å². The molecular weight excluding hydrogens is 358 g/mol. The number of hydrogen-bond acceptors (Lipinski definition) is 0. The quantitative estimate of drug-likeness (QED) is 0.425. The van der Waals surface area contributed by atoms with E-state index in [4.69, 9.17) is 0 Å². The van der Waals surface area contributed by atoms with Crippen LogP contribution >= 0.6 is 15.9 Å². The fourth-order valence-electron chi connectivity index (χ4n) is 4.28. The molecule has 2 heteroatoms. The Bertz CT molecular complexity index is 643. The number of aryl methyl sites for hydroxylation is 1. The average Bonchev–Trinajstić information content (AvgIpc) is 2.94. The van der Waals surface area contributed by atoms with Crippen molar-refractivity contribution < 1.29 is 0 Å². The van der Waals surface area contributed by atoms with Crippen molar-refractivity contribution in [1.82, 2.24) is 4.98 Å². The molecule has 24 heavy (non-hydrogen) atoms. The Morgan fingerprint density at radius 1 is 1.04 bits per heavy atom. The molecule has 0 bridgehead atoms. The van der Waals surface area contributed by atoms with E-state index in [1.807, 2.05) is 0 Å². The van der Waals surface area contributed by atoms with Crippen molar-refractivity contribution in [2.45, 2.75) is 84.0 Å². The van der Waals surface area contributed by atoms with Crippen LogP contribution in [0.3, 0.4) is 0 Å². The SMILES string of the molecule is CCCCCCCCCCC1CCc2[nH]c3cc(Br)ccc3c2C1. The van der Waals surface area contributed by atoms with Crippen LogP contribution < -0.4 is 0 Å². The van der Waals surface area contributed by atoms with Crippen LogP contribution in [0.5, 0.6) is 0 Å². The lowest BCUT2D eigenvalue weighted by Gasteiger charge is -2.22. The zero-order chi connectivity index (χ0) is 16.8. The number of aromatic amines is 1. The molecule has 1 unspecified atom stereocenters. The first-order chi connectivity index (χ1) is 11.8. The van der Waals surface area contributed by atoms with Gasteiger partial charge in [0.05, 0.1) is 0 Å². The lowest BCUT2D eigenvalue weighted by Crippen LogP contribution is -2.13. The second-order valence-corrected chi connectivity index (χ2v) is 8.56. The summed E-state index contributed by atoms with van der Waals surface area (Å²) in [7, 11) is 0. The number of benzene rings is 1. The van der Waals surface area contributed by atoms with Crippen molar-refractivity contribution in [2.24, 2.45) is 5.92 Å². The monoisotopic (exact) mass is 389 g/mol. The minimum Gasteiger partial charge on any atom is -0.358 e. The molecule has 1 aromatic carbocycles. The summed E-state index contributed by atoms with van der Waals surface area (Å²) in [6, 6.07) is 6.69. The topological polar surface area (TPSA) is 15.8 Å². The third-order valence-electron chi connectivity index (χ3n) is 5.72. The zero-order valence-corrected chi connectivity index (χ0v) is 16.8. The van der Waals surface area contributed by atoms with Gasteiger partial charge in [-0.1, -0.05) is 86.7 Å². The Kier molecular flexibility index (Phi) is 6.83. The van der Waals surface area contributed by atoms with Crippen molar-refractivity contribution in [1.29, 1.82) is 0 Å². The molecule has 1 aromatic heterocycles. The molecule has 1 heterocycles. The molecule has 3 rings (SSSR count). The van der Waals surface area contributed by atoms with Crippen molar-refractivity contribution in [2.75, 3.05) is 0 Å².